The Morgan fingerprint density at radius 1 is 1.19 bits per heavy atom. The van der Waals surface area contributed by atoms with Crippen LogP contribution in [-0.4, -0.2) is 11.5 Å². The molecule has 0 unspecified atom stereocenters. The molecular weight excluding hydrogens is 270 g/mol. The van der Waals surface area contributed by atoms with Crippen molar-refractivity contribution in [3.05, 3.63) is 52.0 Å². The van der Waals surface area contributed by atoms with Crippen molar-refractivity contribution in [1.29, 1.82) is 0 Å². The lowest BCUT2D eigenvalue weighted by molar-refractivity contribution is -0.383. The van der Waals surface area contributed by atoms with E-state index in [9.17, 15) is 10.1 Å². The van der Waals surface area contributed by atoms with Gasteiger partial charge in [-0.25, -0.2) is 0 Å². The summed E-state index contributed by atoms with van der Waals surface area (Å²) in [6.45, 7) is 4.98. The fourth-order valence-electron chi connectivity index (χ4n) is 2.05. The largest absolute Gasteiger partial charge is 0.465 e. The summed E-state index contributed by atoms with van der Waals surface area (Å²) in [6, 6.07) is 8.93. The van der Waals surface area contributed by atoms with Crippen LogP contribution in [0, 0.1) is 17.0 Å². The van der Waals surface area contributed by atoms with Crippen molar-refractivity contribution in [3.63, 3.8) is 0 Å². The van der Waals surface area contributed by atoms with Gasteiger partial charge in [0, 0.05) is 6.54 Å². The van der Waals surface area contributed by atoms with Crippen LogP contribution in [0.15, 0.2) is 34.7 Å². The number of benzene rings is 1. The maximum absolute atomic E-state index is 11.3. The SMILES string of the molecule is CCCNc1cccc(NCc2ccc(C)o2)c1[N+](=O)[O-]. The van der Waals surface area contributed by atoms with Crippen LogP contribution in [0.1, 0.15) is 24.9 Å². The Labute approximate surface area is 123 Å². The molecule has 0 fully saturated rings. The summed E-state index contributed by atoms with van der Waals surface area (Å²) >= 11 is 0. The maximum atomic E-state index is 11.3. The molecule has 0 saturated heterocycles. The lowest BCUT2D eigenvalue weighted by Crippen LogP contribution is -2.07. The molecule has 6 nitrogen and oxygen atoms in total. The van der Waals surface area contributed by atoms with E-state index in [2.05, 4.69) is 10.6 Å². The van der Waals surface area contributed by atoms with Gasteiger partial charge < -0.3 is 15.1 Å². The van der Waals surface area contributed by atoms with Gasteiger partial charge in [0.25, 0.3) is 0 Å². The second-order valence-corrected chi connectivity index (χ2v) is 4.75. The van der Waals surface area contributed by atoms with E-state index in [1.807, 2.05) is 26.0 Å². The van der Waals surface area contributed by atoms with Crippen molar-refractivity contribution in [2.24, 2.45) is 0 Å². The zero-order valence-corrected chi connectivity index (χ0v) is 12.2. The monoisotopic (exact) mass is 289 g/mol. The molecule has 2 aromatic rings. The predicted octanol–water partition coefficient (Wildman–Crippen LogP) is 3.93. The number of para-hydroxylation sites is 1. The molecule has 1 aromatic heterocycles. The minimum absolute atomic E-state index is 0.0641. The van der Waals surface area contributed by atoms with Crippen LogP contribution in [0.25, 0.3) is 0 Å². The Bertz CT molecular complexity index is 622. The van der Waals surface area contributed by atoms with Crippen LogP contribution < -0.4 is 10.6 Å². The summed E-state index contributed by atoms with van der Waals surface area (Å²) in [6.07, 6.45) is 0.903. The number of hydrogen-bond donors (Lipinski definition) is 2. The number of furan rings is 1. The van der Waals surface area contributed by atoms with Gasteiger partial charge in [-0.05, 0) is 37.6 Å². The Kier molecular flexibility index (Phi) is 4.81. The molecule has 0 radical (unpaired) electrons. The van der Waals surface area contributed by atoms with Crippen LogP contribution in [-0.2, 0) is 6.54 Å². The van der Waals surface area contributed by atoms with Gasteiger partial charge in [-0.15, -0.1) is 0 Å². The summed E-state index contributed by atoms with van der Waals surface area (Å²) in [5.74, 6) is 1.56. The third-order valence-electron chi connectivity index (χ3n) is 3.03. The molecule has 0 aliphatic carbocycles. The van der Waals surface area contributed by atoms with Crippen molar-refractivity contribution in [2.45, 2.75) is 26.8 Å². The first-order valence-electron chi connectivity index (χ1n) is 6.92. The van der Waals surface area contributed by atoms with Gasteiger partial charge in [0.15, 0.2) is 0 Å². The molecule has 1 heterocycles. The first-order valence-corrected chi connectivity index (χ1v) is 6.92. The molecule has 0 atom stereocenters. The van der Waals surface area contributed by atoms with Crippen molar-refractivity contribution >= 4 is 17.1 Å². The topological polar surface area (TPSA) is 80.3 Å². The summed E-state index contributed by atoms with van der Waals surface area (Å²) in [5.41, 5.74) is 1.08. The van der Waals surface area contributed by atoms with Crippen LogP contribution >= 0.6 is 0 Å². The molecule has 0 aliphatic heterocycles. The Hall–Kier alpha value is -2.50. The molecule has 0 bridgehead atoms. The number of anilines is 2. The number of nitrogens with zero attached hydrogens (tertiary/aromatic N) is 1. The lowest BCUT2D eigenvalue weighted by atomic mass is 10.2. The molecule has 0 spiro atoms. The van der Waals surface area contributed by atoms with E-state index in [4.69, 9.17) is 4.42 Å². The van der Waals surface area contributed by atoms with E-state index < -0.39 is 0 Å². The molecule has 21 heavy (non-hydrogen) atoms. The summed E-state index contributed by atoms with van der Waals surface area (Å²) < 4.78 is 5.45. The Balaban J connectivity index is 2.19. The van der Waals surface area contributed by atoms with Gasteiger partial charge in [0.2, 0.25) is 0 Å². The highest BCUT2D eigenvalue weighted by Crippen LogP contribution is 2.33. The number of nitro groups is 1. The van der Waals surface area contributed by atoms with Gasteiger partial charge in [0.05, 0.1) is 11.5 Å². The van der Waals surface area contributed by atoms with E-state index in [-0.39, 0.29) is 10.6 Å². The molecule has 1 aromatic carbocycles. The number of rotatable bonds is 7. The van der Waals surface area contributed by atoms with Crippen molar-refractivity contribution in [3.8, 4) is 0 Å². The van der Waals surface area contributed by atoms with E-state index >= 15 is 0 Å². The molecule has 112 valence electrons. The molecule has 0 saturated carbocycles. The van der Waals surface area contributed by atoms with E-state index in [0.29, 0.717) is 24.5 Å². The van der Waals surface area contributed by atoms with E-state index in [1.165, 1.54) is 0 Å². The predicted molar refractivity (Wildman–Crippen MR) is 82.6 cm³/mol. The zero-order valence-electron chi connectivity index (χ0n) is 12.2. The minimum Gasteiger partial charge on any atom is -0.465 e. The van der Waals surface area contributed by atoms with Crippen molar-refractivity contribution < 1.29 is 9.34 Å². The summed E-state index contributed by atoms with van der Waals surface area (Å²) in [5, 5.41) is 17.5. The highest BCUT2D eigenvalue weighted by molar-refractivity contribution is 5.76. The van der Waals surface area contributed by atoms with Gasteiger partial charge in [0.1, 0.15) is 22.9 Å². The average molecular weight is 289 g/mol. The summed E-state index contributed by atoms with van der Waals surface area (Å²) in [7, 11) is 0. The highest BCUT2D eigenvalue weighted by Gasteiger charge is 2.19. The maximum Gasteiger partial charge on any atom is 0.315 e. The van der Waals surface area contributed by atoms with Crippen LogP contribution in [0.5, 0.6) is 0 Å². The first-order chi connectivity index (χ1) is 10.1. The quantitative estimate of drug-likeness (QED) is 0.596. The standard InChI is InChI=1S/C15H19N3O3/c1-3-9-16-13-5-4-6-14(15(13)18(19)20)17-10-12-8-7-11(2)21-12/h4-8,16-17H,3,9-10H2,1-2H3. The molecule has 0 amide bonds. The third-order valence-corrected chi connectivity index (χ3v) is 3.03. The van der Waals surface area contributed by atoms with E-state index in [1.54, 1.807) is 18.2 Å². The molecule has 2 rings (SSSR count). The molecular formula is C15H19N3O3. The van der Waals surface area contributed by atoms with Gasteiger partial charge in [-0.1, -0.05) is 13.0 Å². The first kappa shape index (κ1) is 14.9. The van der Waals surface area contributed by atoms with Crippen molar-refractivity contribution in [2.75, 3.05) is 17.2 Å². The summed E-state index contributed by atoms with van der Waals surface area (Å²) in [4.78, 5) is 11.0. The second-order valence-electron chi connectivity index (χ2n) is 4.75. The molecule has 2 N–H and O–H groups in total. The third kappa shape index (κ3) is 3.75. The van der Waals surface area contributed by atoms with Crippen LogP contribution in [0.2, 0.25) is 0 Å². The normalized spacial score (nSPS) is 10.4. The van der Waals surface area contributed by atoms with Crippen LogP contribution in [0.3, 0.4) is 0 Å². The zero-order chi connectivity index (χ0) is 15.2. The minimum atomic E-state index is -0.367. The van der Waals surface area contributed by atoms with Gasteiger partial charge in [-0.2, -0.15) is 0 Å². The fourth-order valence-corrected chi connectivity index (χ4v) is 2.05. The van der Waals surface area contributed by atoms with Gasteiger partial charge in [-0.3, -0.25) is 10.1 Å². The van der Waals surface area contributed by atoms with E-state index in [0.717, 1.165) is 17.9 Å². The fraction of sp³-hybridized carbons (Fsp3) is 0.333. The highest BCUT2D eigenvalue weighted by atomic mass is 16.6. The Morgan fingerprint density at radius 3 is 2.48 bits per heavy atom. The average Bonchev–Trinajstić information content (AvgIpc) is 2.88. The van der Waals surface area contributed by atoms with Gasteiger partial charge >= 0.3 is 5.69 Å². The molecule has 6 heteroatoms. The number of nitrogens with one attached hydrogen (secondary N) is 2. The van der Waals surface area contributed by atoms with Crippen molar-refractivity contribution in [1.82, 2.24) is 0 Å². The number of nitro benzene ring substituents is 1. The lowest BCUT2D eigenvalue weighted by Gasteiger charge is -2.10. The number of hydrogen-bond acceptors (Lipinski definition) is 5. The molecule has 0 aliphatic rings. The second kappa shape index (κ2) is 6.78. The smallest absolute Gasteiger partial charge is 0.315 e. The van der Waals surface area contributed by atoms with Crippen LogP contribution in [0.4, 0.5) is 17.1 Å². The number of aryl methyl sites for hydroxylation is 1. The Morgan fingerprint density at radius 2 is 1.90 bits per heavy atom.